The van der Waals surface area contributed by atoms with Crippen molar-refractivity contribution >= 4 is 18.0 Å². The molecule has 1 N–H and O–H groups in total. The first-order chi connectivity index (χ1) is 11.1. The van der Waals surface area contributed by atoms with Crippen LogP contribution in [-0.2, 0) is 29.1 Å². The Bertz CT molecular complexity index is 761. The van der Waals surface area contributed by atoms with E-state index in [1.54, 1.807) is 22.9 Å². The van der Waals surface area contributed by atoms with E-state index in [1.165, 1.54) is 17.2 Å². The fraction of sp³-hybridized carbons (Fsp3) is 0.222. The molecule has 1 aromatic carbocycles. The molecule has 5 heteroatoms. The molecule has 0 aliphatic carbocycles. The molecular formula is C18H18N2O3. The van der Waals surface area contributed by atoms with E-state index in [0.717, 1.165) is 19.0 Å². The number of fused-ring (bicyclic) bond motifs is 1. The quantitative estimate of drug-likeness (QED) is 0.880. The summed E-state index contributed by atoms with van der Waals surface area (Å²) in [6, 6.07) is 11.8. The number of hydrogen-bond acceptors (Lipinski definition) is 2. The lowest BCUT2D eigenvalue weighted by atomic mass is 10.00. The highest BCUT2D eigenvalue weighted by atomic mass is 16.4. The van der Waals surface area contributed by atoms with Crippen molar-refractivity contribution in [2.45, 2.75) is 19.5 Å². The number of aromatic nitrogens is 1. The zero-order chi connectivity index (χ0) is 16.2. The van der Waals surface area contributed by atoms with Gasteiger partial charge in [-0.3, -0.25) is 4.79 Å². The van der Waals surface area contributed by atoms with Crippen LogP contribution in [0.1, 0.15) is 16.8 Å². The molecule has 1 aliphatic heterocycles. The van der Waals surface area contributed by atoms with Gasteiger partial charge in [0.15, 0.2) is 0 Å². The summed E-state index contributed by atoms with van der Waals surface area (Å²) in [6.45, 7) is 1.57. The number of aliphatic carboxylic acids is 1. The minimum absolute atomic E-state index is 0.0423. The first kappa shape index (κ1) is 15.1. The van der Waals surface area contributed by atoms with Crippen LogP contribution in [0.3, 0.4) is 0 Å². The van der Waals surface area contributed by atoms with Gasteiger partial charge in [-0.15, -0.1) is 0 Å². The Kier molecular flexibility index (Phi) is 4.28. The molecule has 0 radical (unpaired) electrons. The Hall–Kier alpha value is -2.82. The summed E-state index contributed by atoms with van der Waals surface area (Å²) < 4.78 is 1.77. The number of carboxylic acids is 1. The number of carboxylic acid groups (broad SMARTS) is 1. The summed E-state index contributed by atoms with van der Waals surface area (Å²) in [4.78, 5) is 25.0. The minimum Gasteiger partial charge on any atom is -0.478 e. The summed E-state index contributed by atoms with van der Waals surface area (Å²) in [5.74, 6) is -0.961. The lowest BCUT2D eigenvalue weighted by Gasteiger charge is -2.29. The van der Waals surface area contributed by atoms with Crippen molar-refractivity contribution in [3.05, 3.63) is 65.5 Å². The van der Waals surface area contributed by atoms with E-state index in [9.17, 15) is 9.59 Å². The summed E-state index contributed by atoms with van der Waals surface area (Å²) in [5.41, 5.74) is 3.21. The Morgan fingerprint density at radius 3 is 2.70 bits per heavy atom. The number of benzene rings is 1. The predicted molar refractivity (Wildman–Crippen MR) is 86.7 cm³/mol. The van der Waals surface area contributed by atoms with E-state index in [1.807, 2.05) is 17.0 Å². The molecule has 2 aromatic rings. The van der Waals surface area contributed by atoms with Crippen LogP contribution in [0, 0.1) is 0 Å². The van der Waals surface area contributed by atoms with Gasteiger partial charge in [-0.05, 0) is 35.8 Å². The van der Waals surface area contributed by atoms with Crippen molar-refractivity contribution in [2.24, 2.45) is 0 Å². The highest BCUT2D eigenvalue weighted by Crippen LogP contribution is 2.19. The van der Waals surface area contributed by atoms with Gasteiger partial charge in [-0.2, -0.15) is 0 Å². The molecule has 1 amide bonds. The van der Waals surface area contributed by atoms with Gasteiger partial charge in [-0.25, -0.2) is 4.79 Å². The zero-order valence-electron chi connectivity index (χ0n) is 12.7. The maximum atomic E-state index is 12.5. The average molecular weight is 310 g/mol. The van der Waals surface area contributed by atoms with Crippen LogP contribution in [0.25, 0.3) is 6.08 Å². The summed E-state index contributed by atoms with van der Waals surface area (Å²) in [6.07, 6.45) is 5.24. The fourth-order valence-electron chi connectivity index (χ4n) is 2.83. The number of hydrogen-bond donors (Lipinski definition) is 1. The van der Waals surface area contributed by atoms with E-state index < -0.39 is 5.97 Å². The predicted octanol–water partition coefficient (Wildman–Crippen LogP) is 2.17. The number of nitrogens with zero attached hydrogens (tertiary/aromatic N) is 2. The molecule has 1 aliphatic rings. The molecule has 0 fully saturated rings. The van der Waals surface area contributed by atoms with Gasteiger partial charge in [0, 0.05) is 31.1 Å². The minimum atomic E-state index is -1.00. The van der Waals surface area contributed by atoms with Crippen LogP contribution in [0.4, 0.5) is 0 Å². The highest BCUT2D eigenvalue weighted by molar-refractivity contribution is 5.85. The van der Waals surface area contributed by atoms with Crippen LogP contribution in [0.2, 0.25) is 0 Å². The number of amides is 1. The van der Waals surface area contributed by atoms with E-state index in [2.05, 4.69) is 12.1 Å². The molecule has 2 heterocycles. The van der Waals surface area contributed by atoms with Gasteiger partial charge in [0.2, 0.25) is 5.91 Å². The van der Waals surface area contributed by atoms with Gasteiger partial charge in [0.25, 0.3) is 0 Å². The molecule has 0 saturated heterocycles. The summed E-state index contributed by atoms with van der Waals surface area (Å²) in [7, 11) is 0. The molecule has 118 valence electrons. The third kappa shape index (κ3) is 3.51. The molecule has 0 spiro atoms. The highest BCUT2D eigenvalue weighted by Gasteiger charge is 2.20. The molecule has 0 unspecified atom stereocenters. The van der Waals surface area contributed by atoms with Crippen LogP contribution < -0.4 is 0 Å². The van der Waals surface area contributed by atoms with Crippen molar-refractivity contribution < 1.29 is 14.7 Å². The molecule has 0 saturated carbocycles. The molecular weight excluding hydrogens is 292 g/mol. The second-order valence-corrected chi connectivity index (χ2v) is 5.57. The Morgan fingerprint density at radius 1 is 1.13 bits per heavy atom. The van der Waals surface area contributed by atoms with E-state index in [0.29, 0.717) is 12.2 Å². The normalized spacial score (nSPS) is 14.0. The van der Waals surface area contributed by atoms with Crippen molar-refractivity contribution in [3.8, 4) is 0 Å². The molecule has 23 heavy (non-hydrogen) atoms. The standard InChI is InChI=1S/C18H18N2O3/c21-17(13-19-10-3-6-16(19)7-8-18(22)23)20-11-9-14-4-1-2-5-15(14)12-20/h1-8,10H,9,11-13H2,(H,22,23)/b8-7+. The Balaban J connectivity index is 1.69. The smallest absolute Gasteiger partial charge is 0.328 e. The van der Waals surface area contributed by atoms with E-state index in [-0.39, 0.29) is 12.5 Å². The summed E-state index contributed by atoms with van der Waals surface area (Å²) in [5, 5.41) is 8.71. The molecule has 5 nitrogen and oxygen atoms in total. The topological polar surface area (TPSA) is 62.5 Å². The number of carbonyl (C=O) groups excluding carboxylic acids is 1. The van der Waals surface area contributed by atoms with Crippen molar-refractivity contribution in [3.63, 3.8) is 0 Å². The summed E-state index contributed by atoms with van der Waals surface area (Å²) >= 11 is 0. The third-order valence-corrected chi connectivity index (χ3v) is 4.05. The Morgan fingerprint density at radius 2 is 1.91 bits per heavy atom. The van der Waals surface area contributed by atoms with Gasteiger partial charge in [-0.1, -0.05) is 24.3 Å². The largest absolute Gasteiger partial charge is 0.478 e. The second-order valence-electron chi connectivity index (χ2n) is 5.57. The number of carbonyl (C=O) groups is 2. The molecule has 0 atom stereocenters. The van der Waals surface area contributed by atoms with E-state index >= 15 is 0 Å². The van der Waals surface area contributed by atoms with Crippen LogP contribution in [0.5, 0.6) is 0 Å². The number of rotatable bonds is 4. The monoisotopic (exact) mass is 310 g/mol. The maximum Gasteiger partial charge on any atom is 0.328 e. The zero-order valence-corrected chi connectivity index (χ0v) is 12.7. The van der Waals surface area contributed by atoms with Crippen LogP contribution in [0.15, 0.2) is 48.7 Å². The van der Waals surface area contributed by atoms with Gasteiger partial charge in [0.1, 0.15) is 6.54 Å². The van der Waals surface area contributed by atoms with Crippen LogP contribution >= 0.6 is 0 Å². The average Bonchev–Trinajstić information content (AvgIpc) is 2.99. The van der Waals surface area contributed by atoms with Crippen molar-refractivity contribution in [1.82, 2.24) is 9.47 Å². The lowest BCUT2D eigenvalue weighted by Crippen LogP contribution is -2.38. The third-order valence-electron chi connectivity index (χ3n) is 4.05. The van der Waals surface area contributed by atoms with Crippen molar-refractivity contribution in [1.29, 1.82) is 0 Å². The van der Waals surface area contributed by atoms with Gasteiger partial charge >= 0.3 is 5.97 Å². The Labute approximate surface area is 134 Å². The SMILES string of the molecule is O=C(O)/C=C/c1cccn1CC(=O)N1CCc2ccccc2C1. The van der Waals surface area contributed by atoms with Crippen LogP contribution in [-0.4, -0.2) is 33.0 Å². The lowest BCUT2D eigenvalue weighted by molar-refractivity contribution is -0.133. The second kappa shape index (κ2) is 6.52. The first-order valence-electron chi connectivity index (χ1n) is 7.54. The maximum absolute atomic E-state index is 12.5. The van der Waals surface area contributed by atoms with Crippen molar-refractivity contribution in [2.75, 3.05) is 6.54 Å². The molecule has 0 bridgehead atoms. The van der Waals surface area contributed by atoms with Gasteiger partial charge in [0.05, 0.1) is 0 Å². The molecule has 3 rings (SSSR count). The molecule has 1 aromatic heterocycles. The first-order valence-corrected chi connectivity index (χ1v) is 7.54. The fourth-order valence-corrected chi connectivity index (χ4v) is 2.83. The van der Waals surface area contributed by atoms with Gasteiger partial charge < -0.3 is 14.6 Å². The van der Waals surface area contributed by atoms with E-state index in [4.69, 9.17) is 5.11 Å².